The minimum Gasteiger partial charge on any atom is -0.478 e. The standard InChI is InChI=1S/C27H25FN2O5/c1-2-16(25(31)30-24-12-11-17(26(32)33)13-23(24)28)14-29-27(34)35-15-22-20-9-5-3-7-18(20)19-8-4-6-10-21(19)22/h3-13,16,22H,2,14-15H2,1H3,(H,29,34)(H,30,31)(H,32,33). The molecule has 1 aliphatic rings. The van der Waals surface area contributed by atoms with E-state index in [1.807, 2.05) is 36.4 Å². The molecule has 180 valence electrons. The Labute approximate surface area is 201 Å². The summed E-state index contributed by atoms with van der Waals surface area (Å²) in [6.07, 6.45) is -0.250. The Balaban J connectivity index is 1.33. The Morgan fingerprint density at radius 3 is 2.20 bits per heavy atom. The number of ether oxygens (including phenoxy) is 1. The second kappa shape index (κ2) is 10.4. The molecule has 0 aliphatic heterocycles. The van der Waals surface area contributed by atoms with Crippen molar-refractivity contribution in [2.45, 2.75) is 19.3 Å². The lowest BCUT2D eigenvalue weighted by Gasteiger charge is -2.18. The first kappa shape index (κ1) is 23.9. The molecule has 2 amide bonds. The molecule has 1 atom stereocenters. The highest BCUT2D eigenvalue weighted by Gasteiger charge is 2.29. The van der Waals surface area contributed by atoms with Gasteiger partial charge in [-0.1, -0.05) is 55.5 Å². The topological polar surface area (TPSA) is 105 Å². The Morgan fingerprint density at radius 2 is 1.63 bits per heavy atom. The molecule has 0 saturated carbocycles. The summed E-state index contributed by atoms with van der Waals surface area (Å²) in [5.41, 5.74) is 4.11. The number of hydrogen-bond donors (Lipinski definition) is 3. The predicted octanol–water partition coefficient (Wildman–Crippen LogP) is 5.03. The summed E-state index contributed by atoms with van der Waals surface area (Å²) in [7, 11) is 0. The van der Waals surface area contributed by atoms with Crippen LogP contribution in [0.3, 0.4) is 0 Å². The molecule has 0 bridgehead atoms. The van der Waals surface area contributed by atoms with E-state index in [2.05, 4.69) is 22.8 Å². The average Bonchev–Trinajstić information content (AvgIpc) is 3.18. The minimum atomic E-state index is -1.26. The van der Waals surface area contributed by atoms with Gasteiger partial charge in [0.2, 0.25) is 5.91 Å². The van der Waals surface area contributed by atoms with Gasteiger partial charge in [-0.15, -0.1) is 0 Å². The van der Waals surface area contributed by atoms with E-state index in [4.69, 9.17) is 9.84 Å². The fourth-order valence-corrected chi connectivity index (χ4v) is 4.26. The Kier molecular flexibility index (Phi) is 7.10. The molecule has 0 radical (unpaired) electrons. The van der Waals surface area contributed by atoms with E-state index >= 15 is 0 Å². The first-order valence-electron chi connectivity index (χ1n) is 11.3. The number of carboxylic acids is 1. The number of rotatable bonds is 8. The molecule has 1 aliphatic carbocycles. The van der Waals surface area contributed by atoms with E-state index in [1.165, 1.54) is 12.1 Å². The minimum absolute atomic E-state index is 0.00777. The molecule has 0 saturated heterocycles. The van der Waals surface area contributed by atoms with E-state index in [-0.39, 0.29) is 30.3 Å². The normalized spacial score (nSPS) is 12.9. The fourth-order valence-electron chi connectivity index (χ4n) is 4.26. The van der Waals surface area contributed by atoms with Gasteiger partial charge >= 0.3 is 12.1 Å². The van der Waals surface area contributed by atoms with Crippen molar-refractivity contribution in [2.24, 2.45) is 5.92 Å². The summed E-state index contributed by atoms with van der Waals surface area (Å²) in [6.45, 7) is 1.94. The maximum atomic E-state index is 14.1. The van der Waals surface area contributed by atoms with Crippen LogP contribution >= 0.6 is 0 Å². The van der Waals surface area contributed by atoms with E-state index in [9.17, 15) is 18.8 Å². The first-order chi connectivity index (χ1) is 16.9. The quantitative estimate of drug-likeness (QED) is 0.423. The zero-order chi connectivity index (χ0) is 24.9. The Hall–Kier alpha value is -4.20. The molecule has 0 fully saturated rings. The molecular weight excluding hydrogens is 451 g/mol. The van der Waals surface area contributed by atoms with Crippen molar-refractivity contribution in [3.63, 3.8) is 0 Å². The van der Waals surface area contributed by atoms with Gasteiger partial charge in [0.05, 0.1) is 17.2 Å². The SMILES string of the molecule is CCC(CNC(=O)OCC1c2ccccc2-c2ccccc21)C(=O)Nc1ccc(C(=O)O)cc1F. The monoisotopic (exact) mass is 476 g/mol. The molecule has 3 N–H and O–H groups in total. The zero-order valence-electron chi connectivity index (χ0n) is 19.1. The maximum absolute atomic E-state index is 14.1. The largest absolute Gasteiger partial charge is 0.478 e. The highest BCUT2D eigenvalue weighted by molar-refractivity contribution is 5.94. The molecule has 35 heavy (non-hydrogen) atoms. The number of benzene rings is 3. The third-order valence-corrected chi connectivity index (χ3v) is 6.17. The van der Waals surface area contributed by atoms with Gasteiger partial charge in [-0.3, -0.25) is 4.79 Å². The number of carbonyl (C=O) groups excluding carboxylic acids is 2. The fraction of sp³-hybridized carbons (Fsp3) is 0.222. The van der Waals surface area contributed by atoms with Crippen molar-refractivity contribution < 1.29 is 28.6 Å². The molecule has 4 rings (SSSR count). The molecule has 3 aromatic carbocycles. The van der Waals surface area contributed by atoms with Crippen LogP contribution in [0.4, 0.5) is 14.9 Å². The van der Waals surface area contributed by atoms with Crippen LogP contribution in [-0.4, -0.2) is 36.2 Å². The molecule has 0 aromatic heterocycles. The van der Waals surface area contributed by atoms with Crippen molar-refractivity contribution in [3.8, 4) is 11.1 Å². The molecule has 0 heterocycles. The van der Waals surface area contributed by atoms with Gasteiger partial charge in [0.25, 0.3) is 0 Å². The summed E-state index contributed by atoms with van der Waals surface area (Å²) in [6, 6.07) is 19.3. The summed E-state index contributed by atoms with van der Waals surface area (Å²) < 4.78 is 19.6. The van der Waals surface area contributed by atoms with Crippen LogP contribution < -0.4 is 10.6 Å². The smallest absolute Gasteiger partial charge is 0.407 e. The van der Waals surface area contributed by atoms with Gasteiger partial charge in [-0.25, -0.2) is 14.0 Å². The number of anilines is 1. The number of amides is 2. The summed E-state index contributed by atoms with van der Waals surface area (Å²) >= 11 is 0. The number of carboxylic acid groups (broad SMARTS) is 1. The average molecular weight is 477 g/mol. The zero-order valence-corrected chi connectivity index (χ0v) is 19.1. The van der Waals surface area contributed by atoms with Gasteiger partial charge < -0.3 is 20.5 Å². The molecule has 0 spiro atoms. The predicted molar refractivity (Wildman–Crippen MR) is 129 cm³/mol. The van der Waals surface area contributed by atoms with Crippen LogP contribution in [0.15, 0.2) is 66.7 Å². The van der Waals surface area contributed by atoms with Crippen LogP contribution in [-0.2, 0) is 9.53 Å². The number of fused-ring (bicyclic) bond motifs is 3. The van der Waals surface area contributed by atoms with Crippen molar-refractivity contribution in [1.29, 1.82) is 0 Å². The van der Waals surface area contributed by atoms with Crippen molar-refractivity contribution >= 4 is 23.7 Å². The number of alkyl carbamates (subject to hydrolysis) is 1. The van der Waals surface area contributed by atoms with Gasteiger partial charge in [-0.2, -0.15) is 0 Å². The number of hydrogen-bond acceptors (Lipinski definition) is 4. The lowest BCUT2D eigenvalue weighted by Crippen LogP contribution is -2.36. The van der Waals surface area contributed by atoms with Gasteiger partial charge in [-0.05, 0) is 46.9 Å². The van der Waals surface area contributed by atoms with E-state index in [0.717, 1.165) is 28.3 Å². The van der Waals surface area contributed by atoms with Crippen LogP contribution in [0.25, 0.3) is 11.1 Å². The van der Waals surface area contributed by atoms with Gasteiger partial charge in [0, 0.05) is 12.5 Å². The molecule has 8 heteroatoms. The van der Waals surface area contributed by atoms with Crippen LogP contribution in [0, 0.1) is 11.7 Å². The summed E-state index contributed by atoms with van der Waals surface area (Å²) in [5, 5.41) is 14.0. The van der Waals surface area contributed by atoms with Crippen LogP contribution in [0.1, 0.15) is 40.7 Å². The first-order valence-corrected chi connectivity index (χ1v) is 11.3. The van der Waals surface area contributed by atoms with E-state index in [0.29, 0.717) is 6.42 Å². The second-order valence-electron chi connectivity index (χ2n) is 8.30. The second-order valence-corrected chi connectivity index (χ2v) is 8.30. The van der Waals surface area contributed by atoms with Crippen molar-refractivity contribution in [2.75, 3.05) is 18.5 Å². The molecule has 3 aromatic rings. The lowest BCUT2D eigenvalue weighted by atomic mass is 9.98. The highest BCUT2D eigenvalue weighted by atomic mass is 19.1. The number of aromatic carboxylic acids is 1. The molecule has 1 unspecified atom stereocenters. The molecule has 7 nitrogen and oxygen atoms in total. The lowest BCUT2D eigenvalue weighted by molar-refractivity contribution is -0.119. The number of nitrogens with one attached hydrogen (secondary N) is 2. The summed E-state index contributed by atoms with van der Waals surface area (Å²) in [5.74, 6) is -3.31. The van der Waals surface area contributed by atoms with Gasteiger partial charge in [0.15, 0.2) is 0 Å². The third-order valence-electron chi connectivity index (χ3n) is 6.17. The Morgan fingerprint density at radius 1 is 1.00 bits per heavy atom. The number of carbonyl (C=O) groups is 3. The van der Waals surface area contributed by atoms with Crippen LogP contribution in [0.5, 0.6) is 0 Å². The molecular formula is C27H25FN2O5. The van der Waals surface area contributed by atoms with Crippen molar-refractivity contribution in [1.82, 2.24) is 5.32 Å². The Bertz CT molecular complexity index is 1230. The van der Waals surface area contributed by atoms with E-state index < -0.39 is 29.7 Å². The van der Waals surface area contributed by atoms with Crippen LogP contribution in [0.2, 0.25) is 0 Å². The summed E-state index contributed by atoms with van der Waals surface area (Å²) in [4.78, 5) is 35.9. The number of halogens is 1. The third kappa shape index (κ3) is 5.16. The van der Waals surface area contributed by atoms with Crippen molar-refractivity contribution in [3.05, 3.63) is 89.2 Å². The highest BCUT2D eigenvalue weighted by Crippen LogP contribution is 2.44. The van der Waals surface area contributed by atoms with E-state index in [1.54, 1.807) is 6.92 Å². The maximum Gasteiger partial charge on any atom is 0.407 e. The van der Waals surface area contributed by atoms with Gasteiger partial charge in [0.1, 0.15) is 12.4 Å².